The molecule has 5 aromatic rings. The van der Waals surface area contributed by atoms with Gasteiger partial charge in [-0.05, 0) is 43.2 Å². The monoisotopic (exact) mass is 739 g/mol. The summed E-state index contributed by atoms with van der Waals surface area (Å²) >= 11 is 6.14. The molecule has 1 spiro atoms. The van der Waals surface area contributed by atoms with E-state index in [1.54, 1.807) is 21.6 Å². The lowest BCUT2D eigenvalue weighted by atomic mass is 9.81. The highest BCUT2D eigenvalue weighted by atomic mass is 35.5. The summed E-state index contributed by atoms with van der Waals surface area (Å²) in [5, 5.41) is 21.4. The average molecular weight is 740 g/mol. The predicted octanol–water partition coefficient (Wildman–Crippen LogP) is 3.44. The minimum atomic E-state index is -4.62. The number of likely N-dealkylation sites (tertiary alicyclic amines) is 1. The minimum Gasteiger partial charge on any atom is -0.505 e. The molecule has 3 aliphatic rings. The van der Waals surface area contributed by atoms with Crippen molar-refractivity contribution < 1.29 is 37.3 Å². The lowest BCUT2D eigenvalue weighted by Gasteiger charge is -2.44. The lowest BCUT2D eigenvalue weighted by molar-refractivity contribution is -0.137. The van der Waals surface area contributed by atoms with Crippen molar-refractivity contribution in [1.82, 2.24) is 38.8 Å². The standard InChI is InChI=1S/C33H29ClF3N9O6/c34-21-12-19(33(35,36)37)3-4-22(21)40-25(48)15-44-23-5-11-52-32(6-9-43(10-7-32)30(50)27-24(47)2-1-8-38-27)26(23)29(49)46-31(44)41-28(42-46)18-13-39-45(14-18)20-16-51-17-20/h1-4,8,12-14,20,47H,5-7,9-11,15-17H2,(H,40,48). The highest BCUT2D eigenvalue weighted by Gasteiger charge is 2.46. The van der Waals surface area contributed by atoms with Crippen LogP contribution in [0.1, 0.15) is 46.2 Å². The van der Waals surface area contributed by atoms with Gasteiger partial charge in [0, 0.05) is 37.6 Å². The summed E-state index contributed by atoms with van der Waals surface area (Å²) in [7, 11) is 0. The number of nitrogens with one attached hydrogen (secondary N) is 1. The van der Waals surface area contributed by atoms with Gasteiger partial charge in [-0.15, -0.1) is 5.10 Å². The molecule has 0 saturated carbocycles. The number of pyridine rings is 1. The molecule has 0 radical (unpaired) electrons. The molecular weight excluding hydrogens is 711 g/mol. The van der Waals surface area contributed by atoms with Gasteiger partial charge in [0.2, 0.25) is 11.7 Å². The summed E-state index contributed by atoms with van der Waals surface area (Å²) in [6, 6.07) is 5.55. The lowest BCUT2D eigenvalue weighted by Crippen LogP contribution is -2.52. The maximum atomic E-state index is 14.4. The second-order valence-electron chi connectivity index (χ2n) is 12.8. The first-order valence-corrected chi connectivity index (χ1v) is 16.7. The molecule has 3 aliphatic heterocycles. The fourth-order valence-electron chi connectivity index (χ4n) is 6.85. The van der Waals surface area contributed by atoms with E-state index >= 15 is 0 Å². The molecule has 0 bridgehead atoms. The molecule has 2 N–H and O–H groups in total. The Bertz CT molecular complexity index is 2290. The molecule has 52 heavy (non-hydrogen) atoms. The second-order valence-corrected chi connectivity index (χ2v) is 13.2. The number of rotatable bonds is 6. The van der Waals surface area contributed by atoms with E-state index in [1.165, 1.54) is 23.2 Å². The van der Waals surface area contributed by atoms with Gasteiger partial charge in [-0.2, -0.15) is 27.8 Å². The molecule has 8 rings (SSSR count). The number of nitrogens with zero attached hydrogens (tertiary/aromatic N) is 8. The van der Waals surface area contributed by atoms with E-state index in [1.807, 2.05) is 0 Å². The summed E-state index contributed by atoms with van der Waals surface area (Å²) in [6.45, 7) is 1.13. The number of amides is 2. The van der Waals surface area contributed by atoms with E-state index in [0.29, 0.717) is 24.5 Å². The Balaban J connectivity index is 1.17. The van der Waals surface area contributed by atoms with Gasteiger partial charge in [0.1, 0.15) is 17.9 Å². The summed E-state index contributed by atoms with van der Waals surface area (Å²) in [6.07, 6.45) is 0.750. The smallest absolute Gasteiger partial charge is 0.416 e. The minimum absolute atomic E-state index is 0.0315. The maximum absolute atomic E-state index is 14.4. The predicted molar refractivity (Wildman–Crippen MR) is 176 cm³/mol. The van der Waals surface area contributed by atoms with Crippen LogP contribution in [-0.4, -0.2) is 88.7 Å². The first kappa shape index (κ1) is 33.8. The quantitative estimate of drug-likeness (QED) is 0.263. The number of alkyl halides is 3. The number of carbonyl (C=O) groups excluding carboxylic acids is 2. The van der Waals surface area contributed by atoms with E-state index in [9.17, 15) is 32.7 Å². The number of anilines is 1. The normalized spacial score (nSPS) is 17.3. The number of piperidine rings is 1. The first-order valence-electron chi connectivity index (χ1n) is 16.3. The Hall–Kier alpha value is -5.33. The van der Waals surface area contributed by atoms with Crippen molar-refractivity contribution in [1.29, 1.82) is 0 Å². The molecule has 1 aromatic carbocycles. The summed E-state index contributed by atoms with van der Waals surface area (Å²) < 4.78 is 55.7. The topological polar surface area (TPSA) is 171 Å². The SMILES string of the molecule is O=C(Cn1c2c(c(=O)n3nc(-c4cnn(C5COC5)c4)nc13)C1(CCN(C(=O)c3ncccc3O)CC1)OCC2)Nc1ccc(C(F)(F)F)cc1Cl. The van der Waals surface area contributed by atoms with Crippen LogP contribution in [0.15, 0.2) is 53.7 Å². The van der Waals surface area contributed by atoms with Gasteiger partial charge in [-0.1, -0.05) is 11.6 Å². The molecular formula is C33H29ClF3N9O6. The molecule has 2 fully saturated rings. The van der Waals surface area contributed by atoms with Crippen LogP contribution >= 0.6 is 11.6 Å². The van der Waals surface area contributed by atoms with E-state index in [0.717, 1.165) is 22.7 Å². The van der Waals surface area contributed by atoms with Gasteiger partial charge in [0.15, 0.2) is 11.5 Å². The van der Waals surface area contributed by atoms with Gasteiger partial charge in [0.25, 0.3) is 11.5 Å². The number of hydrogen-bond donors (Lipinski definition) is 2. The van der Waals surface area contributed by atoms with Gasteiger partial charge in [0.05, 0.1) is 59.5 Å². The second kappa shape index (κ2) is 12.7. The molecule has 2 saturated heterocycles. The van der Waals surface area contributed by atoms with Crippen molar-refractivity contribution in [2.24, 2.45) is 0 Å². The fourth-order valence-corrected chi connectivity index (χ4v) is 7.08. The molecule has 4 aromatic heterocycles. The van der Waals surface area contributed by atoms with Gasteiger partial charge in [-0.3, -0.25) is 19.1 Å². The number of ether oxygens (including phenoxy) is 2. The van der Waals surface area contributed by atoms with Gasteiger partial charge in [-0.25, -0.2) is 4.98 Å². The average Bonchev–Trinajstić information content (AvgIpc) is 3.75. The van der Waals surface area contributed by atoms with Gasteiger partial charge < -0.3 is 29.4 Å². The zero-order valence-electron chi connectivity index (χ0n) is 27.1. The summed E-state index contributed by atoms with van der Waals surface area (Å²) in [4.78, 5) is 51.5. The van der Waals surface area contributed by atoms with Crippen LogP contribution in [0.4, 0.5) is 18.9 Å². The number of halogens is 4. The van der Waals surface area contributed by atoms with E-state index < -0.39 is 41.3 Å². The third-order valence-electron chi connectivity index (χ3n) is 9.60. The molecule has 15 nitrogen and oxygen atoms in total. The van der Waals surface area contributed by atoms with E-state index in [2.05, 4.69) is 25.5 Å². The third kappa shape index (κ3) is 5.85. The molecule has 0 atom stereocenters. The Morgan fingerprint density at radius 1 is 1.15 bits per heavy atom. The molecule has 7 heterocycles. The molecule has 0 unspecified atom stereocenters. The van der Waals surface area contributed by atoms with E-state index in [4.69, 9.17) is 21.1 Å². The Kier molecular flexibility index (Phi) is 8.26. The number of carbonyl (C=O) groups is 2. The molecule has 0 aliphatic carbocycles. The number of aromatic hydroxyl groups is 1. The number of aromatic nitrogens is 7. The van der Waals surface area contributed by atoms with Crippen molar-refractivity contribution >= 4 is 34.9 Å². The van der Waals surface area contributed by atoms with Crippen LogP contribution in [0.5, 0.6) is 5.75 Å². The van der Waals surface area contributed by atoms with Crippen LogP contribution in [0, 0.1) is 0 Å². The number of benzene rings is 1. The Morgan fingerprint density at radius 2 is 1.94 bits per heavy atom. The van der Waals surface area contributed by atoms with Crippen LogP contribution in [0.3, 0.4) is 0 Å². The molecule has 19 heteroatoms. The van der Waals surface area contributed by atoms with Crippen LogP contribution in [-0.2, 0) is 39.0 Å². The number of fused-ring (bicyclic) bond motifs is 3. The van der Waals surface area contributed by atoms with Crippen LogP contribution in [0.2, 0.25) is 5.02 Å². The van der Waals surface area contributed by atoms with Crippen molar-refractivity contribution in [2.45, 2.75) is 43.6 Å². The van der Waals surface area contributed by atoms with Crippen molar-refractivity contribution in [2.75, 3.05) is 38.2 Å². The Labute approximate surface area is 296 Å². The highest BCUT2D eigenvalue weighted by molar-refractivity contribution is 6.33. The van der Waals surface area contributed by atoms with Crippen molar-refractivity contribution in [3.05, 3.63) is 86.8 Å². The van der Waals surface area contributed by atoms with E-state index in [-0.39, 0.29) is 84.3 Å². The first-order chi connectivity index (χ1) is 24.9. The summed E-state index contributed by atoms with van der Waals surface area (Å²) in [5.41, 5.74) is -1.49. The van der Waals surface area contributed by atoms with Crippen LogP contribution in [0.25, 0.3) is 17.2 Å². The zero-order valence-corrected chi connectivity index (χ0v) is 27.9. The molecule has 270 valence electrons. The fraction of sp³-hybridized carbons (Fsp3) is 0.364. The number of hydrogen-bond acceptors (Lipinski definition) is 10. The highest BCUT2D eigenvalue weighted by Crippen LogP contribution is 2.41. The largest absolute Gasteiger partial charge is 0.505 e. The summed E-state index contributed by atoms with van der Waals surface area (Å²) in [5.74, 6) is -1.13. The van der Waals surface area contributed by atoms with Gasteiger partial charge >= 0.3 is 6.18 Å². The Morgan fingerprint density at radius 3 is 2.63 bits per heavy atom. The third-order valence-corrected chi connectivity index (χ3v) is 9.91. The maximum Gasteiger partial charge on any atom is 0.416 e. The van der Waals surface area contributed by atoms with Crippen molar-refractivity contribution in [3.63, 3.8) is 0 Å². The molecule has 2 amide bonds. The van der Waals surface area contributed by atoms with Crippen molar-refractivity contribution in [3.8, 4) is 17.1 Å². The van der Waals surface area contributed by atoms with Crippen LogP contribution < -0.4 is 10.9 Å². The zero-order chi connectivity index (χ0) is 36.4.